The largest absolute Gasteiger partial charge is 0.356 e. The van der Waals surface area contributed by atoms with Crippen molar-refractivity contribution in [3.8, 4) is 0 Å². The summed E-state index contributed by atoms with van der Waals surface area (Å²) in [6.07, 6.45) is 7.32. The number of carbonyl (C=O) groups excluding carboxylic acids is 1. The van der Waals surface area contributed by atoms with Crippen molar-refractivity contribution in [2.45, 2.75) is 12.8 Å². The van der Waals surface area contributed by atoms with E-state index in [0.29, 0.717) is 6.42 Å². The van der Waals surface area contributed by atoms with Gasteiger partial charge in [-0.25, -0.2) is 0 Å². The number of carbonyl (C=O) groups is 1. The molecule has 0 radical (unpaired) electrons. The second-order valence-electron chi connectivity index (χ2n) is 6.15. The highest BCUT2D eigenvalue weighted by Crippen LogP contribution is 2.34. The summed E-state index contributed by atoms with van der Waals surface area (Å²) in [6, 6.07) is 18.1. The number of nitrogens with one attached hydrogen (secondary N) is 1. The topological polar surface area (TPSA) is 41.5 Å². The highest BCUT2D eigenvalue weighted by atomic mass is 16.1. The van der Waals surface area contributed by atoms with Crippen LogP contribution in [0.3, 0.4) is 0 Å². The molecule has 3 nitrogen and oxygen atoms in total. The number of hydrogen-bond acceptors (Lipinski definition) is 3. The van der Waals surface area contributed by atoms with Gasteiger partial charge < -0.3 is 5.32 Å². The average molecular weight is 314 g/mol. The van der Waals surface area contributed by atoms with E-state index in [1.165, 1.54) is 0 Å². The molecule has 4 rings (SSSR count). The molecule has 1 aliphatic heterocycles. The Balaban J connectivity index is 1.59. The summed E-state index contributed by atoms with van der Waals surface area (Å²) in [7, 11) is 0. The zero-order valence-electron chi connectivity index (χ0n) is 13.3. The number of aliphatic imine (C=N–C) groups is 1. The van der Waals surface area contributed by atoms with Crippen LogP contribution >= 0.6 is 0 Å². The minimum absolute atomic E-state index is 0.156. The molecule has 0 saturated carbocycles. The smallest absolute Gasteiger partial charge is 0.166 e. The number of Topliss-reactive ketones (excluding diaryl/α,β-unsaturated/α-hetero) is 1. The average Bonchev–Trinajstić information content (AvgIpc) is 2.80. The normalized spacial score (nSPS) is 19.7. The quantitative estimate of drug-likeness (QED) is 0.868. The summed E-state index contributed by atoms with van der Waals surface area (Å²) in [5.74, 6) is 0.366. The van der Waals surface area contributed by atoms with Crippen LogP contribution in [0.4, 0.5) is 11.4 Å². The fraction of sp³-hybridized carbons (Fsp3) is 0.143. The molecule has 118 valence electrons. The summed E-state index contributed by atoms with van der Waals surface area (Å²) < 4.78 is 0. The molecule has 24 heavy (non-hydrogen) atoms. The van der Waals surface area contributed by atoms with E-state index in [4.69, 9.17) is 0 Å². The summed E-state index contributed by atoms with van der Waals surface area (Å²) in [4.78, 5) is 17.0. The van der Waals surface area contributed by atoms with E-state index in [1.807, 2.05) is 42.5 Å². The molecule has 0 amide bonds. The number of rotatable bonds is 2. The lowest BCUT2D eigenvalue weighted by atomic mass is 9.86. The first-order valence-electron chi connectivity index (χ1n) is 8.19. The van der Waals surface area contributed by atoms with Crippen molar-refractivity contribution in [2.24, 2.45) is 10.9 Å². The van der Waals surface area contributed by atoms with E-state index in [9.17, 15) is 4.79 Å². The Kier molecular flexibility index (Phi) is 3.83. The maximum absolute atomic E-state index is 12.5. The van der Waals surface area contributed by atoms with Gasteiger partial charge in [0.25, 0.3) is 0 Å². The Bertz CT molecular complexity index is 862. The van der Waals surface area contributed by atoms with Crippen LogP contribution in [0.5, 0.6) is 0 Å². The monoisotopic (exact) mass is 314 g/mol. The SMILES string of the molecule is O=C1CC(/C=C/c2ccccc2)CC2=C1C=Nc1ccccc1N2. The molecule has 0 bridgehead atoms. The van der Waals surface area contributed by atoms with Crippen LogP contribution in [0.1, 0.15) is 18.4 Å². The molecule has 0 fully saturated rings. The molecule has 0 aromatic heterocycles. The van der Waals surface area contributed by atoms with Crippen molar-refractivity contribution in [3.05, 3.63) is 77.5 Å². The Morgan fingerprint density at radius 3 is 2.67 bits per heavy atom. The number of para-hydroxylation sites is 2. The van der Waals surface area contributed by atoms with Gasteiger partial charge in [-0.3, -0.25) is 9.79 Å². The number of allylic oxidation sites excluding steroid dienone is 3. The molecule has 1 N–H and O–H groups in total. The highest BCUT2D eigenvalue weighted by Gasteiger charge is 2.27. The van der Waals surface area contributed by atoms with Crippen LogP contribution < -0.4 is 5.32 Å². The van der Waals surface area contributed by atoms with Gasteiger partial charge in [0.1, 0.15) is 0 Å². The van der Waals surface area contributed by atoms with Gasteiger partial charge in [0.15, 0.2) is 5.78 Å². The van der Waals surface area contributed by atoms with Gasteiger partial charge in [-0.15, -0.1) is 0 Å². The van der Waals surface area contributed by atoms with Crippen LogP contribution in [-0.4, -0.2) is 12.0 Å². The molecule has 2 aliphatic rings. The number of anilines is 1. The van der Waals surface area contributed by atoms with E-state index in [0.717, 1.165) is 34.6 Å². The Morgan fingerprint density at radius 1 is 1.00 bits per heavy atom. The molecule has 1 heterocycles. The summed E-state index contributed by atoms with van der Waals surface area (Å²) in [5, 5.41) is 3.42. The maximum atomic E-state index is 12.5. The molecule has 1 atom stereocenters. The molecule has 2 aromatic rings. The summed E-state index contributed by atoms with van der Waals surface area (Å²) in [6.45, 7) is 0. The number of nitrogens with zero attached hydrogens (tertiary/aromatic N) is 1. The lowest BCUT2D eigenvalue weighted by Crippen LogP contribution is -2.22. The van der Waals surface area contributed by atoms with Gasteiger partial charge in [0.05, 0.1) is 16.9 Å². The van der Waals surface area contributed by atoms with Crippen molar-refractivity contribution in [2.75, 3.05) is 5.32 Å². The number of hydrogen-bond donors (Lipinski definition) is 1. The van der Waals surface area contributed by atoms with E-state index in [-0.39, 0.29) is 11.7 Å². The zero-order valence-corrected chi connectivity index (χ0v) is 13.3. The molecule has 2 aromatic carbocycles. The Hall–Kier alpha value is -2.94. The number of ketones is 1. The first kappa shape index (κ1) is 14.6. The first-order valence-corrected chi connectivity index (χ1v) is 8.19. The van der Waals surface area contributed by atoms with Gasteiger partial charge in [-0.2, -0.15) is 0 Å². The standard InChI is InChI=1S/C21H18N2O/c24-21-13-16(11-10-15-6-2-1-3-7-15)12-20-17(21)14-22-18-8-4-5-9-19(18)23-20/h1-11,14,16,23H,12-13H2/b11-10+. The van der Waals surface area contributed by atoms with Crippen LogP contribution in [0.25, 0.3) is 6.08 Å². The predicted octanol–water partition coefficient (Wildman–Crippen LogP) is 4.76. The van der Waals surface area contributed by atoms with Gasteiger partial charge >= 0.3 is 0 Å². The lowest BCUT2D eigenvalue weighted by molar-refractivity contribution is -0.116. The molecule has 0 saturated heterocycles. The molecule has 1 aliphatic carbocycles. The highest BCUT2D eigenvalue weighted by molar-refractivity contribution is 6.16. The second-order valence-corrected chi connectivity index (χ2v) is 6.15. The molecular formula is C21H18N2O. The van der Waals surface area contributed by atoms with Crippen molar-refractivity contribution in [1.29, 1.82) is 0 Å². The van der Waals surface area contributed by atoms with Gasteiger partial charge in [0, 0.05) is 18.3 Å². The molecule has 1 unspecified atom stereocenters. The second kappa shape index (κ2) is 6.28. The lowest BCUT2D eigenvalue weighted by Gasteiger charge is -2.23. The minimum Gasteiger partial charge on any atom is -0.356 e. The van der Waals surface area contributed by atoms with Crippen LogP contribution in [0.2, 0.25) is 0 Å². The first-order chi connectivity index (χ1) is 11.8. The van der Waals surface area contributed by atoms with Crippen molar-refractivity contribution in [3.63, 3.8) is 0 Å². The Labute approximate surface area is 141 Å². The summed E-state index contributed by atoms with van der Waals surface area (Å²) >= 11 is 0. The van der Waals surface area contributed by atoms with E-state index < -0.39 is 0 Å². The number of benzene rings is 2. The van der Waals surface area contributed by atoms with Crippen molar-refractivity contribution >= 4 is 29.4 Å². The number of fused-ring (bicyclic) bond motifs is 1. The zero-order chi connectivity index (χ0) is 16.4. The maximum Gasteiger partial charge on any atom is 0.166 e. The van der Waals surface area contributed by atoms with E-state index >= 15 is 0 Å². The van der Waals surface area contributed by atoms with Crippen LogP contribution in [-0.2, 0) is 4.79 Å². The third-order valence-corrected chi connectivity index (χ3v) is 4.42. The Morgan fingerprint density at radius 2 is 1.79 bits per heavy atom. The predicted molar refractivity (Wildman–Crippen MR) is 98.4 cm³/mol. The van der Waals surface area contributed by atoms with E-state index in [1.54, 1.807) is 6.21 Å². The fourth-order valence-corrected chi connectivity index (χ4v) is 3.16. The van der Waals surface area contributed by atoms with Crippen molar-refractivity contribution < 1.29 is 4.79 Å². The van der Waals surface area contributed by atoms with Crippen molar-refractivity contribution in [1.82, 2.24) is 0 Å². The van der Waals surface area contributed by atoms with E-state index in [2.05, 4.69) is 34.6 Å². The molecular weight excluding hydrogens is 296 g/mol. The third kappa shape index (κ3) is 2.93. The van der Waals surface area contributed by atoms with Crippen LogP contribution in [0.15, 0.2) is 76.9 Å². The minimum atomic E-state index is 0.156. The molecule has 3 heteroatoms. The van der Waals surface area contributed by atoms with Gasteiger partial charge in [-0.1, -0.05) is 54.6 Å². The molecule has 0 spiro atoms. The third-order valence-electron chi connectivity index (χ3n) is 4.42. The van der Waals surface area contributed by atoms with Crippen LogP contribution in [0, 0.1) is 5.92 Å². The van der Waals surface area contributed by atoms with Gasteiger partial charge in [-0.05, 0) is 30.0 Å². The summed E-state index contributed by atoms with van der Waals surface area (Å²) in [5.41, 5.74) is 4.68. The van der Waals surface area contributed by atoms with Gasteiger partial charge in [0.2, 0.25) is 0 Å². The fourth-order valence-electron chi connectivity index (χ4n) is 3.16.